The van der Waals surface area contributed by atoms with Crippen LogP contribution in [-0.2, 0) is 4.79 Å². The number of anilines is 2. The van der Waals surface area contributed by atoms with Gasteiger partial charge in [-0.3, -0.25) is 10.1 Å². The largest absolute Gasteiger partial charge is 0.326 e. The van der Waals surface area contributed by atoms with Gasteiger partial charge in [0, 0.05) is 6.54 Å². The third kappa shape index (κ3) is 3.46. The van der Waals surface area contributed by atoms with E-state index in [1.54, 1.807) is 29.2 Å². The number of nitrogens with zero attached hydrogens (tertiary/aromatic N) is 2. The summed E-state index contributed by atoms with van der Waals surface area (Å²) in [6.45, 7) is 0.461. The molecule has 1 fully saturated rings. The number of para-hydroxylation sites is 1. The van der Waals surface area contributed by atoms with E-state index in [-0.39, 0.29) is 11.7 Å². The van der Waals surface area contributed by atoms with Crippen LogP contribution in [0, 0.1) is 5.82 Å². The first-order chi connectivity index (χ1) is 11.5. The molecular weight excluding hydrogens is 335 g/mol. The third-order valence-corrected chi connectivity index (χ3v) is 3.94. The van der Waals surface area contributed by atoms with Gasteiger partial charge < -0.3 is 10.2 Å². The Morgan fingerprint density at radius 1 is 1.29 bits per heavy atom. The van der Waals surface area contributed by atoms with E-state index in [0.29, 0.717) is 23.7 Å². The molecule has 1 aliphatic heterocycles. The lowest BCUT2D eigenvalue weighted by molar-refractivity contribution is -0.118. The van der Waals surface area contributed by atoms with Gasteiger partial charge in [-0.15, -0.1) is 0 Å². The van der Waals surface area contributed by atoms with Crippen LogP contribution in [0.25, 0.3) is 0 Å². The number of amides is 3. The standard InChI is InChI=1S/C16H14ClFN4O2/c17-11-3-1-2-4-13(11)22-8-7-12(15(22)23)20-16(24)21-14-6-5-10(18)9-19-14/h1-6,9,12H,7-8H2,(H2,19,20,21,24). The third-order valence-electron chi connectivity index (χ3n) is 3.62. The molecule has 1 aromatic carbocycles. The van der Waals surface area contributed by atoms with Gasteiger partial charge in [-0.25, -0.2) is 14.2 Å². The zero-order valence-electron chi connectivity index (χ0n) is 12.5. The molecule has 0 saturated carbocycles. The van der Waals surface area contributed by atoms with Crippen LogP contribution in [-0.4, -0.2) is 29.5 Å². The molecule has 6 nitrogen and oxygen atoms in total. The number of urea groups is 1. The van der Waals surface area contributed by atoms with E-state index in [0.717, 1.165) is 6.20 Å². The quantitative estimate of drug-likeness (QED) is 0.895. The molecule has 0 spiro atoms. The molecule has 0 radical (unpaired) electrons. The summed E-state index contributed by atoms with van der Waals surface area (Å²) in [7, 11) is 0. The number of carbonyl (C=O) groups excluding carboxylic acids is 2. The van der Waals surface area contributed by atoms with Crippen LogP contribution in [0.5, 0.6) is 0 Å². The lowest BCUT2D eigenvalue weighted by Crippen LogP contribution is -2.43. The molecule has 124 valence electrons. The molecule has 1 atom stereocenters. The summed E-state index contributed by atoms with van der Waals surface area (Å²) in [6.07, 6.45) is 1.46. The highest BCUT2D eigenvalue weighted by molar-refractivity contribution is 6.34. The van der Waals surface area contributed by atoms with E-state index >= 15 is 0 Å². The Labute approximate surface area is 142 Å². The summed E-state index contributed by atoms with van der Waals surface area (Å²) in [5.74, 6) is -0.532. The molecule has 2 aromatic rings. The van der Waals surface area contributed by atoms with Crippen molar-refractivity contribution in [1.82, 2.24) is 10.3 Å². The second-order valence-corrected chi connectivity index (χ2v) is 5.65. The van der Waals surface area contributed by atoms with E-state index in [1.165, 1.54) is 12.1 Å². The van der Waals surface area contributed by atoms with Gasteiger partial charge in [-0.1, -0.05) is 23.7 Å². The number of hydrogen-bond donors (Lipinski definition) is 2. The minimum atomic E-state index is -0.651. The summed E-state index contributed by atoms with van der Waals surface area (Å²) in [5.41, 5.74) is 0.620. The normalized spacial score (nSPS) is 17.0. The van der Waals surface area contributed by atoms with Crippen LogP contribution in [0.4, 0.5) is 20.7 Å². The molecule has 1 unspecified atom stereocenters. The summed E-state index contributed by atoms with van der Waals surface area (Å²) < 4.78 is 12.8. The Bertz CT molecular complexity index is 769. The Hall–Kier alpha value is -2.67. The first-order valence-corrected chi connectivity index (χ1v) is 7.67. The maximum atomic E-state index is 12.8. The van der Waals surface area contributed by atoms with Gasteiger partial charge in [-0.2, -0.15) is 0 Å². The fourth-order valence-electron chi connectivity index (χ4n) is 2.48. The lowest BCUT2D eigenvalue weighted by atomic mass is 10.2. The molecule has 3 amide bonds. The highest BCUT2D eigenvalue weighted by Crippen LogP contribution is 2.28. The van der Waals surface area contributed by atoms with Crippen molar-refractivity contribution in [1.29, 1.82) is 0 Å². The topological polar surface area (TPSA) is 74.3 Å². The predicted octanol–water partition coefficient (Wildman–Crippen LogP) is 2.80. The van der Waals surface area contributed by atoms with Crippen molar-refractivity contribution in [3.05, 3.63) is 53.4 Å². The molecule has 0 aliphatic carbocycles. The minimum Gasteiger partial charge on any atom is -0.326 e. The maximum absolute atomic E-state index is 12.8. The van der Waals surface area contributed by atoms with Crippen LogP contribution in [0.15, 0.2) is 42.6 Å². The van der Waals surface area contributed by atoms with Gasteiger partial charge in [0.05, 0.1) is 16.9 Å². The van der Waals surface area contributed by atoms with E-state index in [1.807, 2.05) is 0 Å². The highest BCUT2D eigenvalue weighted by Gasteiger charge is 2.34. The molecule has 8 heteroatoms. The van der Waals surface area contributed by atoms with Crippen molar-refractivity contribution in [3.8, 4) is 0 Å². The van der Waals surface area contributed by atoms with Gasteiger partial charge in [0.1, 0.15) is 17.7 Å². The number of hydrogen-bond acceptors (Lipinski definition) is 3. The smallest absolute Gasteiger partial charge is 0.321 e. The fraction of sp³-hybridized carbons (Fsp3) is 0.188. The van der Waals surface area contributed by atoms with Crippen LogP contribution in [0.2, 0.25) is 5.02 Å². The van der Waals surface area contributed by atoms with Crippen LogP contribution in [0.1, 0.15) is 6.42 Å². The number of rotatable bonds is 3. The number of pyridine rings is 1. The monoisotopic (exact) mass is 348 g/mol. The van der Waals surface area contributed by atoms with Crippen LogP contribution in [0.3, 0.4) is 0 Å². The van der Waals surface area contributed by atoms with Crippen molar-refractivity contribution in [2.45, 2.75) is 12.5 Å². The van der Waals surface area contributed by atoms with Crippen LogP contribution < -0.4 is 15.5 Å². The Morgan fingerprint density at radius 2 is 2.08 bits per heavy atom. The number of nitrogens with one attached hydrogen (secondary N) is 2. The summed E-state index contributed by atoms with van der Waals surface area (Å²) in [5, 5.41) is 5.53. The summed E-state index contributed by atoms with van der Waals surface area (Å²) in [4.78, 5) is 29.7. The van der Waals surface area contributed by atoms with Gasteiger partial charge in [0.2, 0.25) is 5.91 Å². The average Bonchev–Trinajstić information content (AvgIpc) is 2.91. The number of halogens is 2. The van der Waals surface area contributed by atoms with E-state index in [4.69, 9.17) is 11.6 Å². The minimum absolute atomic E-state index is 0.197. The first-order valence-electron chi connectivity index (χ1n) is 7.29. The Balaban J connectivity index is 1.62. The molecule has 3 rings (SSSR count). The number of aromatic nitrogens is 1. The van der Waals surface area contributed by atoms with Crippen molar-refractivity contribution in [3.63, 3.8) is 0 Å². The highest BCUT2D eigenvalue weighted by atomic mass is 35.5. The zero-order valence-corrected chi connectivity index (χ0v) is 13.3. The molecule has 0 bridgehead atoms. The van der Waals surface area contributed by atoms with Crippen LogP contribution >= 0.6 is 11.6 Å². The van der Waals surface area contributed by atoms with Gasteiger partial charge in [-0.05, 0) is 30.7 Å². The fourth-order valence-corrected chi connectivity index (χ4v) is 2.72. The lowest BCUT2D eigenvalue weighted by Gasteiger charge is -2.18. The van der Waals surface area contributed by atoms with Gasteiger partial charge in [0.25, 0.3) is 0 Å². The maximum Gasteiger partial charge on any atom is 0.321 e. The molecule has 2 N–H and O–H groups in total. The Morgan fingerprint density at radius 3 is 2.79 bits per heavy atom. The average molecular weight is 349 g/mol. The molecule has 2 heterocycles. The van der Waals surface area contributed by atoms with E-state index in [2.05, 4.69) is 15.6 Å². The van der Waals surface area contributed by atoms with Crippen molar-refractivity contribution in [2.24, 2.45) is 0 Å². The molecule has 1 aliphatic rings. The van der Waals surface area contributed by atoms with E-state index in [9.17, 15) is 14.0 Å². The SMILES string of the molecule is O=C(Nc1ccc(F)cn1)NC1CCN(c2ccccc2Cl)C1=O. The number of benzene rings is 1. The van der Waals surface area contributed by atoms with Crippen molar-refractivity contribution < 1.29 is 14.0 Å². The van der Waals surface area contributed by atoms with E-state index < -0.39 is 17.9 Å². The second kappa shape index (κ2) is 6.84. The van der Waals surface area contributed by atoms with Crippen molar-refractivity contribution in [2.75, 3.05) is 16.8 Å². The van der Waals surface area contributed by atoms with Gasteiger partial charge >= 0.3 is 6.03 Å². The molecule has 24 heavy (non-hydrogen) atoms. The van der Waals surface area contributed by atoms with Crippen molar-refractivity contribution >= 4 is 35.0 Å². The molecular formula is C16H14ClFN4O2. The molecule has 1 saturated heterocycles. The van der Waals surface area contributed by atoms with Gasteiger partial charge in [0.15, 0.2) is 0 Å². The first kappa shape index (κ1) is 16.2. The summed E-state index contributed by atoms with van der Waals surface area (Å²) in [6, 6.07) is 8.33. The number of carbonyl (C=O) groups is 2. The zero-order chi connectivity index (χ0) is 17.1. The molecule has 1 aromatic heterocycles. The Kier molecular flexibility index (Phi) is 4.61. The second-order valence-electron chi connectivity index (χ2n) is 5.24. The predicted molar refractivity (Wildman–Crippen MR) is 88.6 cm³/mol. The summed E-state index contributed by atoms with van der Waals surface area (Å²) >= 11 is 6.11.